The summed E-state index contributed by atoms with van der Waals surface area (Å²) < 4.78 is 90.5. The van der Waals surface area contributed by atoms with Crippen molar-refractivity contribution in [3.05, 3.63) is 68.8 Å². The summed E-state index contributed by atoms with van der Waals surface area (Å²) in [5.74, 6) is -3.49. The van der Waals surface area contributed by atoms with Crippen molar-refractivity contribution in [3.63, 3.8) is 0 Å². The minimum absolute atomic E-state index is 0.0129. The fraction of sp³-hybridized carbons (Fsp3) is 0.615. The van der Waals surface area contributed by atoms with Crippen LogP contribution in [0.5, 0.6) is 11.5 Å². The highest BCUT2D eigenvalue weighted by Gasteiger charge is 2.46. The average Bonchev–Trinajstić information content (AvgIpc) is 1.53. The number of pyridine rings is 2. The third-order valence-electron chi connectivity index (χ3n) is 16.1. The fourth-order valence-electron chi connectivity index (χ4n) is 10.7. The van der Waals surface area contributed by atoms with Crippen molar-refractivity contribution < 1.29 is 104 Å². The van der Waals surface area contributed by atoms with Gasteiger partial charge in [-0.05, 0) is 69.2 Å². The van der Waals surface area contributed by atoms with Gasteiger partial charge in [-0.1, -0.05) is 20.8 Å². The molecule has 8 N–H and O–H groups in total. The minimum Gasteiger partial charge on any atom is -0.458 e. The van der Waals surface area contributed by atoms with Crippen LogP contribution in [0.3, 0.4) is 0 Å². The number of cyclic esters (lactones) is 1. The fourth-order valence-corrected chi connectivity index (χ4v) is 11.2. The summed E-state index contributed by atoms with van der Waals surface area (Å²) in [6.07, 6.45) is 4.80. The molecule has 0 fully saturated rings. The molecule has 4 aromatic rings. The van der Waals surface area contributed by atoms with Crippen LogP contribution in [0.2, 0.25) is 0 Å². The molecule has 3 aliphatic rings. The van der Waals surface area contributed by atoms with Gasteiger partial charge in [0, 0.05) is 60.9 Å². The van der Waals surface area contributed by atoms with E-state index in [4.69, 9.17) is 67.6 Å². The molecule has 0 bridgehead atoms. The van der Waals surface area contributed by atoms with Crippen molar-refractivity contribution in [2.75, 3.05) is 165 Å². The Morgan fingerprint density at radius 2 is 1.32 bits per heavy atom. The molecule has 0 unspecified atom stereocenters. The summed E-state index contributed by atoms with van der Waals surface area (Å²) in [7, 11) is -3.56. The monoisotopic (exact) mass is 1430 g/mol. The molecule has 3 aromatic heterocycles. The molecule has 0 spiro atoms. The van der Waals surface area contributed by atoms with Crippen molar-refractivity contribution in [1.29, 1.82) is 0 Å². The molecule has 0 radical (unpaired) electrons. The number of nitrogens with one attached hydrogen (secondary N) is 5. The molecule has 0 saturated carbocycles. The number of benzene rings is 1. The van der Waals surface area contributed by atoms with Crippen LogP contribution in [0.4, 0.5) is 0 Å². The van der Waals surface area contributed by atoms with E-state index in [1.165, 1.54) is 0 Å². The van der Waals surface area contributed by atoms with E-state index in [1.807, 2.05) is 13.0 Å². The van der Waals surface area contributed by atoms with Crippen LogP contribution >= 0.6 is 0 Å². The number of ether oxygens (including phenoxy) is 12. The van der Waals surface area contributed by atoms with Crippen molar-refractivity contribution >= 4 is 62.2 Å². The van der Waals surface area contributed by atoms with Crippen LogP contribution in [-0.2, 0) is 111 Å². The molecule has 0 saturated heterocycles. The topological polar surface area (TPSA) is 435 Å². The third kappa shape index (κ3) is 23.3. The number of esters is 1. The number of amides is 6. The summed E-state index contributed by atoms with van der Waals surface area (Å²) in [6, 6.07) is 3.11. The number of likely N-dealkylation sites (N-methyl/N-ethyl adjacent to an activating group) is 1. The highest BCUT2D eigenvalue weighted by Crippen LogP contribution is 2.43. The molecule has 7 rings (SSSR count). The Labute approximate surface area is 578 Å². The number of aliphatic hydroxyl groups is 1. The Kier molecular flexibility index (Phi) is 32.1. The van der Waals surface area contributed by atoms with Gasteiger partial charge in [-0.25, -0.2) is 28.2 Å². The number of fused-ring (bicyclic) bond motifs is 6. The number of unbranched alkanes of at least 4 members (excludes halogenated alkanes) is 1. The van der Waals surface area contributed by atoms with Gasteiger partial charge in [0.05, 0.1) is 140 Å². The summed E-state index contributed by atoms with van der Waals surface area (Å²) >= 11 is 0. The number of hydrogen-bond acceptors (Lipinski definition) is 27. The lowest BCUT2D eigenvalue weighted by Crippen LogP contribution is -2.56. The first kappa shape index (κ1) is 79.4. The van der Waals surface area contributed by atoms with E-state index in [0.29, 0.717) is 133 Å². The van der Waals surface area contributed by atoms with Crippen molar-refractivity contribution in [2.45, 2.75) is 95.8 Å². The summed E-state index contributed by atoms with van der Waals surface area (Å²) in [5.41, 5.74) is 6.79. The minimum atomic E-state index is -3.56. The molecule has 552 valence electrons. The summed E-state index contributed by atoms with van der Waals surface area (Å²) in [5, 5.41) is 24.9. The van der Waals surface area contributed by atoms with Gasteiger partial charge in [0.1, 0.15) is 38.6 Å². The molecule has 0 aliphatic carbocycles. The average molecular weight is 1430 g/mol. The van der Waals surface area contributed by atoms with Crippen molar-refractivity contribution in [2.24, 2.45) is 11.7 Å². The van der Waals surface area contributed by atoms with Crippen LogP contribution < -0.4 is 47.4 Å². The van der Waals surface area contributed by atoms with Crippen LogP contribution in [0.15, 0.2) is 40.5 Å². The van der Waals surface area contributed by atoms with Gasteiger partial charge in [-0.3, -0.25) is 33.6 Å². The Hall–Kier alpha value is -7.94. The Morgan fingerprint density at radius 3 is 1.90 bits per heavy atom. The van der Waals surface area contributed by atoms with Crippen molar-refractivity contribution in [3.8, 4) is 22.9 Å². The van der Waals surface area contributed by atoms with Crippen molar-refractivity contribution in [1.82, 2.24) is 51.0 Å². The second-order valence-corrected chi connectivity index (χ2v) is 25.4. The maximum atomic E-state index is 14.0. The largest absolute Gasteiger partial charge is 0.458 e. The van der Waals surface area contributed by atoms with Gasteiger partial charge in [0.25, 0.3) is 11.5 Å². The number of nitrogens with zero attached hydrogens (tertiary/aromatic N) is 5. The van der Waals surface area contributed by atoms with E-state index in [9.17, 15) is 51.9 Å². The standard InChI is InChI=1S/C65H93N11O23S/c1-6-65(85)48-31-51-58-46(36-76(51)62(83)47(48)37-97-63(65)84)44(45-30-52-53(99-41-98-52)32-50(45)72-58)11-14-75(7-2)56(79)39-96-40-71-54(77)35-68-60(81)49(10-8-9-12-66)73-61(82)57(42(3)4)74-55(78)38-95-29-28-94-27-26-93-25-24-92-23-22-91-21-20-90-19-18-89-17-16-88-15-13-67-59(80)43-33-69-64(70-34-43)100(5,86)87/h30-34,42,49,57,85H,6-29,35-41,66H2,1-5H3,(H,67,80)(H,68,81)(H,71,77)(H,73,82)(H,74,78)/t49-,57-,65-/m0/s1. The summed E-state index contributed by atoms with van der Waals surface area (Å²) in [6.45, 7) is 11.0. The van der Waals surface area contributed by atoms with Gasteiger partial charge in [0.2, 0.25) is 51.3 Å². The van der Waals surface area contributed by atoms with Gasteiger partial charge >= 0.3 is 5.97 Å². The zero-order chi connectivity index (χ0) is 72.0. The van der Waals surface area contributed by atoms with Crippen LogP contribution in [0.25, 0.3) is 22.3 Å². The highest BCUT2D eigenvalue weighted by molar-refractivity contribution is 7.90. The number of rotatable bonds is 48. The molecule has 3 aliphatic heterocycles. The Morgan fingerprint density at radius 1 is 0.720 bits per heavy atom. The quantitative estimate of drug-likeness (QED) is 0.0105. The Balaban J connectivity index is 0.703. The summed E-state index contributed by atoms with van der Waals surface area (Å²) in [4.78, 5) is 119. The zero-order valence-electron chi connectivity index (χ0n) is 57.2. The van der Waals surface area contributed by atoms with E-state index < -0.39 is 81.7 Å². The number of hydrogen-bond donors (Lipinski definition) is 7. The van der Waals surface area contributed by atoms with Crippen LogP contribution in [-0.4, -0.2) is 256 Å². The lowest BCUT2D eigenvalue weighted by atomic mass is 9.86. The number of sulfone groups is 1. The van der Waals surface area contributed by atoms with Crippen LogP contribution in [0.1, 0.15) is 86.0 Å². The third-order valence-corrected chi connectivity index (χ3v) is 17.0. The van der Waals surface area contributed by atoms with E-state index in [-0.39, 0.29) is 119 Å². The van der Waals surface area contributed by atoms with Gasteiger partial charge in [-0.2, -0.15) is 0 Å². The molecule has 6 amide bonds. The number of aromatic nitrogens is 4. The van der Waals surface area contributed by atoms with E-state index in [0.717, 1.165) is 35.2 Å². The van der Waals surface area contributed by atoms with Crippen LogP contribution in [0, 0.1) is 5.92 Å². The second-order valence-electron chi connectivity index (χ2n) is 23.5. The van der Waals surface area contributed by atoms with Gasteiger partial charge in [0.15, 0.2) is 17.1 Å². The number of nitrogens with two attached hydrogens (primary N) is 1. The van der Waals surface area contributed by atoms with E-state index in [2.05, 4.69) is 36.6 Å². The number of carbonyl (C=O) groups excluding carboxylic acids is 7. The molecule has 6 heterocycles. The molecule has 1 aromatic carbocycles. The maximum Gasteiger partial charge on any atom is 0.343 e. The number of carbonyl (C=O) groups is 7. The Bertz CT molecular complexity index is 3580. The van der Waals surface area contributed by atoms with Gasteiger partial charge < -0.3 is 104 Å². The molecule has 34 nitrogen and oxygen atoms in total. The molecule has 35 heteroatoms. The van der Waals surface area contributed by atoms with Gasteiger partial charge in [-0.15, -0.1) is 0 Å². The normalized spacial score (nSPS) is 15.0. The zero-order valence-corrected chi connectivity index (χ0v) is 58.0. The second kappa shape index (κ2) is 40.5. The first-order valence-corrected chi connectivity index (χ1v) is 35.1. The molecule has 100 heavy (non-hydrogen) atoms. The first-order chi connectivity index (χ1) is 48.2. The predicted octanol–water partition coefficient (Wildman–Crippen LogP) is -1.08. The highest BCUT2D eigenvalue weighted by atomic mass is 32.2. The smallest absolute Gasteiger partial charge is 0.343 e. The molecule has 3 atom stereocenters. The first-order valence-electron chi connectivity index (χ1n) is 33.2. The lowest BCUT2D eigenvalue weighted by Gasteiger charge is -2.31. The predicted molar refractivity (Wildman–Crippen MR) is 354 cm³/mol. The maximum absolute atomic E-state index is 14.0. The molecular weight excluding hydrogens is 1330 g/mol. The van der Waals surface area contributed by atoms with E-state index >= 15 is 0 Å². The lowest BCUT2D eigenvalue weighted by molar-refractivity contribution is -0.172. The van der Waals surface area contributed by atoms with E-state index in [1.54, 1.807) is 42.4 Å². The SMILES string of the molecule is CCN(CCc1c2c(nc3cc4c(cc13)OCO4)-c1cc3c(c(=O)n1C2)COC(=O)[C@]3(O)CC)C(=O)COCNC(=O)CNC(=O)[C@H](CCCCN)NC(=O)[C@@H](NC(=O)COCCOCCOCCOCCOCCOCCOCCOCCNC(=O)c1cnc(S(C)(=O)=O)nc1)C(C)C. The molecular formula is C65H93N11O23S.